The Morgan fingerprint density at radius 2 is 1.91 bits per heavy atom. The van der Waals surface area contributed by atoms with Crippen LogP contribution in [0.2, 0.25) is 5.02 Å². The van der Waals surface area contributed by atoms with Crippen molar-refractivity contribution in [3.05, 3.63) is 64.2 Å². The summed E-state index contributed by atoms with van der Waals surface area (Å²) in [5, 5.41) is 3.15. The Morgan fingerprint density at radius 1 is 1.19 bits per heavy atom. The molecule has 32 heavy (non-hydrogen) atoms. The van der Waals surface area contributed by atoms with Gasteiger partial charge in [0, 0.05) is 38.4 Å². The molecule has 0 saturated carbocycles. The van der Waals surface area contributed by atoms with Gasteiger partial charge in [-0.05, 0) is 54.9 Å². The molecule has 0 aromatic heterocycles. The zero-order valence-corrected chi connectivity index (χ0v) is 19.5. The Hall–Kier alpha value is -1.87. The van der Waals surface area contributed by atoms with Crippen LogP contribution in [0.15, 0.2) is 42.5 Å². The van der Waals surface area contributed by atoms with Crippen LogP contribution in [0.3, 0.4) is 0 Å². The summed E-state index contributed by atoms with van der Waals surface area (Å²) in [6, 6.07) is 11.7. The number of anilines is 1. The summed E-state index contributed by atoms with van der Waals surface area (Å²) in [6.07, 6.45) is -3.59. The summed E-state index contributed by atoms with van der Waals surface area (Å²) in [6.45, 7) is 7.65. The van der Waals surface area contributed by atoms with Gasteiger partial charge >= 0.3 is 6.18 Å². The fourth-order valence-corrected chi connectivity index (χ4v) is 4.14. The molecule has 0 bridgehead atoms. The van der Waals surface area contributed by atoms with Gasteiger partial charge in [-0.1, -0.05) is 35.9 Å². The van der Waals surface area contributed by atoms with Gasteiger partial charge in [-0.3, -0.25) is 4.90 Å². The fourth-order valence-electron chi connectivity index (χ4n) is 3.58. The maximum Gasteiger partial charge on any atom is 0.417 e. The van der Waals surface area contributed by atoms with Gasteiger partial charge in [-0.2, -0.15) is 13.2 Å². The number of benzene rings is 2. The number of hydrogen-bond acceptors (Lipinski definition) is 3. The standard InChI is InChI=1S/C23H27ClF3N3OS/c1-17-5-2-3-6-18(17)16-30(10-4-9-29-11-13-31-14-12-29)22(32)28-19-7-8-20(21(24)15-19)23(25,26)27/h2-3,5-8,15H,4,9-14,16H2,1H3,(H,28,32). The van der Waals surface area contributed by atoms with Gasteiger partial charge in [-0.15, -0.1) is 0 Å². The van der Waals surface area contributed by atoms with Gasteiger partial charge in [0.15, 0.2) is 5.11 Å². The zero-order valence-electron chi connectivity index (χ0n) is 17.9. The minimum absolute atomic E-state index is 0.358. The predicted molar refractivity (Wildman–Crippen MR) is 126 cm³/mol. The highest BCUT2D eigenvalue weighted by Crippen LogP contribution is 2.35. The number of nitrogens with one attached hydrogen (secondary N) is 1. The molecule has 0 radical (unpaired) electrons. The highest BCUT2D eigenvalue weighted by molar-refractivity contribution is 7.80. The normalized spacial score (nSPS) is 14.9. The Kier molecular flexibility index (Phi) is 8.76. The van der Waals surface area contributed by atoms with E-state index in [1.807, 2.05) is 30.0 Å². The minimum atomic E-state index is -4.49. The zero-order chi connectivity index (χ0) is 23.1. The Bertz CT molecular complexity index is 920. The van der Waals surface area contributed by atoms with Gasteiger partial charge < -0.3 is 15.0 Å². The lowest BCUT2D eigenvalue weighted by atomic mass is 10.1. The van der Waals surface area contributed by atoms with Crippen molar-refractivity contribution in [3.8, 4) is 0 Å². The molecule has 0 atom stereocenters. The highest BCUT2D eigenvalue weighted by atomic mass is 35.5. The van der Waals surface area contributed by atoms with Gasteiger partial charge in [0.25, 0.3) is 0 Å². The predicted octanol–water partition coefficient (Wildman–Crippen LogP) is 5.59. The lowest BCUT2D eigenvalue weighted by molar-refractivity contribution is -0.137. The van der Waals surface area contributed by atoms with Crippen LogP contribution in [0.5, 0.6) is 0 Å². The first kappa shape index (κ1) is 24.8. The average Bonchev–Trinajstić information content (AvgIpc) is 2.74. The van der Waals surface area contributed by atoms with E-state index >= 15 is 0 Å². The molecule has 0 spiro atoms. The summed E-state index contributed by atoms with van der Waals surface area (Å²) in [5.41, 5.74) is 1.87. The van der Waals surface area contributed by atoms with Crippen molar-refractivity contribution < 1.29 is 17.9 Å². The third kappa shape index (κ3) is 7.07. The molecule has 0 amide bonds. The molecule has 0 aliphatic carbocycles. The van der Waals surface area contributed by atoms with E-state index < -0.39 is 11.7 Å². The topological polar surface area (TPSA) is 27.7 Å². The number of ether oxygens (including phenoxy) is 1. The smallest absolute Gasteiger partial charge is 0.379 e. The Labute approximate surface area is 197 Å². The summed E-state index contributed by atoms with van der Waals surface area (Å²) in [5.74, 6) is 0. The Balaban J connectivity index is 1.69. The molecule has 1 aliphatic heterocycles. The van der Waals surface area contributed by atoms with Crippen molar-refractivity contribution >= 4 is 34.6 Å². The van der Waals surface area contributed by atoms with E-state index in [1.165, 1.54) is 12.1 Å². The lowest BCUT2D eigenvalue weighted by Crippen LogP contribution is -2.40. The SMILES string of the molecule is Cc1ccccc1CN(CCCN1CCOCC1)C(=S)Nc1ccc(C(F)(F)F)c(Cl)c1. The van der Waals surface area contributed by atoms with Crippen LogP contribution in [0.4, 0.5) is 18.9 Å². The minimum Gasteiger partial charge on any atom is -0.379 e. The fraction of sp³-hybridized carbons (Fsp3) is 0.435. The number of hydrogen-bond donors (Lipinski definition) is 1. The van der Waals surface area contributed by atoms with Gasteiger partial charge in [0.05, 0.1) is 23.8 Å². The summed E-state index contributed by atoms with van der Waals surface area (Å²) in [7, 11) is 0. The quantitative estimate of drug-likeness (QED) is 0.516. The number of nitrogens with zero attached hydrogens (tertiary/aromatic N) is 2. The summed E-state index contributed by atoms with van der Waals surface area (Å²) in [4.78, 5) is 4.41. The molecule has 2 aromatic carbocycles. The molecular formula is C23H27ClF3N3OS. The molecule has 3 rings (SSSR count). The van der Waals surface area contributed by atoms with Crippen molar-refractivity contribution in [1.82, 2.24) is 9.80 Å². The second-order valence-corrected chi connectivity index (χ2v) is 8.57. The summed E-state index contributed by atoms with van der Waals surface area (Å²) < 4.78 is 44.4. The van der Waals surface area contributed by atoms with Crippen molar-refractivity contribution in [2.24, 2.45) is 0 Å². The van der Waals surface area contributed by atoms with E-state index in [-0.39, 0.29) is 5.02 Å². The van der Waals surface area contributed by atoms with Crippen LogP contribution in [0, 0.1) is 6.92 Å². The van der Waals surface area contributed by atoms with Crippen LogP contribution in [-0.2, 0) is 17.5 Å². The second-order valence-electron chi connectivity index (χ2n) is 7.78. The number of rotatable bonds is 7. The maximum absolute atomic E-state index is 13.0. The third-order valence-corrected chi connectivity index (χ3v) is 6.11. The number of aryl methyl sites for hydroxylation is 1. The van der Waals surface area contributed by atoms with Gasteiger partial charge in [0.1, 0.15) is 0 Å². The third-order valence-electron chi connectivity index (χ3n) is 5.44. The molecule has 174 valence electrons. The Morgan fingerprint density at radius 3 is 2.56 bits per heavy atom. The molecule has 1 aliphatic rings. The molecular weight excluding hydrogens is 459 g/mol. The number of morpholine rings is 1. The van der Waals surface area contributed by atoms with Gasteiger partial charge in [-0.25, -0.2) is 0 Å². The van der Waals surface area contributed by atoms with Gasteiger partial charge in [0.2, 0.25) is 0 Å². The molecule has 0 unspecified atom stereocenters. The van der Waals surface area contributed by atoms with Crippen LogP contribution in [0.25, 0.3) is 0 Å². The monoisotopic (exact) mass is 485 g/mol. The highest BCUT2D eigenvalue weighted by Gasteiger charge is 2.33. The van der Waals surface area contributed by atoms with E-state index in [2.05, 4.69) is 16.3 Å². The molecule has 1 saturated heterocycles. The lowest BCUT2D eigenvalue weighted by Gasteiger charge is -2.30. The molecule has 1 heterocycles. The van der Waals surface area contributed by atoms with Crippen LogP contribution in [0.1, 0.15) is 23.1 Å². The molecule has 9 heteroatoms. The summed E-state index contributed by atoms with van der Waals surface area (Å²) >= 11 is 11.5. The van der Waals surface area contributed by atoms with E-state index in [1.54, 1.807) is 0 Å². The van der Waals surface area contributed by atoms with E-state index in [4.69, 9.17) is 28.6 Å². The molecule has 1 fully saturated rings. The van der Waals surface area contributed by atoms with E-state index in [0.29, 0.717) is 23.9 Å². The molecule has 2 aromatic rings. The molecule has 1 N–H and O–H groups in total. The first-order chi connectivity index (χ1) is 15.2. The maximum atomic E-state index is 13.0. The average molecular weight is 486 g/mol. The van der Waals surface area contributed by atoms with E-state index in [0.717, 1.165) is 56.5 Å². The first-order valence-electron chi connectivity index (χ1n) is 10.5. The van der Waals surface area contributed by atoms with Crippen LogP contribution in [-0.4, -0.2) is 54.3 Å². The number of thiocarbonyl (C=S) groups is 1. The second kappa shape index (κ2) is 11.3. The van der Waals surface area contributed by atoms with Crippen molar-refractivity contribution in [2.75, 3.05) is 44.7 Å². The van der Waals surface area contributed by atoms with Crippen molar-refractivity contribution in [2.45, 2.75) is 26.1 Å². The van der Waals surface area contributed by atoms with Crippen LogP contribution >= 0.6 is 23.8 Å². The number of halogens is 4. The largest absolute Gasteiger partial charge is 0.417 e. The van der Waals surface area contributed by atoms with E-state index in [9.17, 15) is 13.2 Å². The van der Waals surface area contributed by atoms with Crippen LogP contribution < -0.4 is 5.32 Å². The first-order valence-corrected chi connectivity index (χ1v) is 11.3. The number of alkyl halides is 3. The van der Waals surface area contributed by atoms with Crippen molar-refractivity contribution in [3.63, 3.8) is 0 Å². The van der Waals surface area contributed by atoms with Crippen molar-refractivity contribution in [1.29, 1.82) is 0 Å². The molecule has 4 nitrogen and oxygen atoms in total.